The van der Waals surface area contributed by atoms with Crippen LogP contribution in [0.5, 0.6) is 5.75 Å². The molecule has 0 saturated heterocycles. The number of rotatable bonds is 12. The number of unbranched alkanes of at least 4 members (excludes halogenated alkanes) is 3. The van der Waals surface area contributed by atoms with Crippen molar-refractivity contribution in [2.24, 2.45) is 5.92 Å². The third kappa shape index (κ3) is 5.62. The molecular weight excluding hydrogens is 362 g/mol. The molecule has 1 aliphatic heterocycles. The standard InChI is InChI=1S/C25H39NO3/c1-3-5-6-12-19(27)14-15-20-22(28)17-23-24(20)21-13-9-11-18(25(21)29-23)10-7-8-16-26-4-2/h9,11,13-15,19-20,22-24,26-28H,3-8,10,12,16-17H2,1-2H3/t19-,20-,22+,23-,24-/m0/s1. The molecule has 3 rings (SSSR count). The normalized spacial score (nSPS) is 26.5. The Bertz CT molecular complexity index is 659. The average molecular weight is 402 g/mol. The van der Waals surface area contributed by atoms with Gasteiger partial charge in [0.2, 0.25) is 0 Å². The van der Waals surface area contributed by atoms with Gasteiger partial charge in [-0.1, -0.05) is 63.5 Å². The molecule has 1 fully saturated rings. The van der Waals surface area contributed by atoms with Crippen LogP contribution in [0.15, 0.2) is 30.4 Å². The summed E-state index contributed by atoms with van der Waals surface area (Å²) in [6.45, 7) is 6.40. The molecule has 0 unspecified atom stereocenters. The summed E-state index contributed by atoms with van der Waals surface area (Å²) >= 11 is 0. The molecule has 3 N–H and O–H groups in total. The number of hydrogen-bond donors (Lipinski definition) is 3. The Balaban J connectivity index is 1.65. The zero-order valence-electron chi connectivity index (χ0n) is 18.1. The number of benzene rings is 1. The van der Waals surface area contributed by atoms with Crippen molar-refractivity contribution < 1.29 is 14.9 Å². The van der Waals surface area contributed by atoms with Gasteiger partial charge in [-0.25, -0.2) is 0 Å². The first-order chi connectivity index (χ1) is 14.2. The lowest BCUT2D eigenvalue weighted by molar-refractivity contribution is 0.135. The molecule has 4 heteroatoms. The third-order valence-electron chi connectivity index (χ3n) is 6.45. The van der Waals surface area contributed by atoms with E-state index in [-0.39, 0.29) is 17.9 Å². The van der Waals surface area contributed by atoms with Gasteiger partial charge < -0.3 is 20.3 Å². The Morgan fingerprint density at radius 2 is 2.07 bits per heavy atom. The molecule has 162 valence electrons. The number of hydrogen-bond acceptors (Lipinski definition) is 4. The van der Waals surface area contributed by atoms with Gasteiger partial charge >= 0.3 is 0 Å². The van der Waals surface area contributed by atoms with Crippen LogP contribution in [0.2, 0.25) is 0 Å². The van der Waals surface area contributed by atoms with Gasteiger partial charge in [0.05, 0.1) is 12.2 Å². The average Bonchev–Trinajstić information content (AvgIpc) is 3.21. The summed E-state index contributed by atoms with van der Waals surface area (Å²) in [6, 6.07) is 6.49. The van der Waals surface area contributed by atoms with E-state index in [0.717, 1.165) is 57.4 Å². The van der Waals surface area contributed by atoms with Crippen molar-refractivity contribution in [3.8, 4) is 5.75 Å². The monoisotopic (exact) mass is 401 g/mol. The molecule has 4 nitrogen and oxygen atoms in total. The van der Waals surface area contributed by atoms with Crippen LogP contribution in [-0.4, -0.2) is 41.6 Å². The van der Waals surface area contributed by atoms with E-state index in [2.05, 4.69) is 37.4 Å². The highest BCUT2D eigenvalue weighted by Crippen LogP contribution is 2.52. The van der Waals surface area contributed by atoms with Gasteiger partial charge in [-0.3, -0.25) is 0 Å². The zero-order valence-corrected chi connectivity index (χ0v) is 18.1. The van der Waals surface area contributed by atoms with Crippen LogP contribution in [-0.2, 0) is 6.42 Å². The summed E-state index contributed by atoms with van der Waals surface area (Å²) in [7, 11) is 0. The molecule has 0 spiro atoms. The summed E-state index contributed by atoms with van der Waals surface area (Å²) in [5, 5.41) is 24.3. The van der Waals surface area contributed by atoms with E-state index in [9.17, 15) is 10.2 Å². The lowest BCUT2D eigenvalue weighted by Crippen LogP contribution is -2.17. The van der Waals surface area contributed by atoms with E-state index in [4.69, 9.17) is 4.74 Å². The van der Waals surface area contributed by atoms with Crippen molar-refractivity contribution in [3.05, 3.63) is 41.5 Å². The fourth-order valence-electron chi connectivity index (χ4n) is 4.86. The van der Waals surface area contributed by atoms with Crippen LogP contribution in [0.4, 0.5) is 0 Å². The molecule has 29 heavy (non-hydrogen) atoms. The Kier molecular flexibility index (Phi) is 8.58. The number of aliphatic hydroxyl groups excluding tert-OH is 2. The molecule has 1 aromatic carbocycles. The second-order valence-electron chi connectivity index (χ2n) is 8.66. The summed E-state index contributed by atoms with van der Waals surface area (Å²) < 4.78 is 6.36. The van der Waals surface area contributed by atoms with Crippen molar-refractivity contribution in [1.29, 1.82) is 0 Å². The van der Waals surface area contributed by atoms with E-state index in [1.54, 1.807) is 0 Å². The van der Waals surface area contributed by atoms with Gasteiger partial charge in [-0.15, -0.1) is 0 Å². The molecule has 1 aliphatic carbocycles. The second kappa shape index (κ2) is 11.1. The maximum atomic E-state index is 10.6. The predicted octanol–water partition coefficient (Wildman–Crippen LogP) is 4.34. The van der Waals surface area contributed by atoms with Gasteiger partial charge in [0, 0.05) is 23.8 Å². The summed E-state index contributed by atoms with van der Waals surface area (Å²) in [6.07, 6.45) is 11.4. The van der Waals surface area contributed by atoms with Gasteiger partial charge in [0.25, 0.3) is 0 Å². The van der Waals surface area contributed by atoms with Crippen molar-refractivity contribution in [3.63, 3.8) is 0 Å². The van der Waals surface area contributed by atoms with Crippen molar-refractivity contribution in [2.45, 2.75) is 89.4 Å². The molecule has 5 atom stereocenters. The first-order valence-corrected chi connectivity index (χ1v) is 11.7. The lowest BCUT2D eigenvalue weighted by atomic mass is 9.86. The second-order valence-corrected chi connectivity index (χ2v) is 8.66. The highest BCUT2D eigenvalue weighted by molar-refractivity contribution is 5.49. The Hall–Kier alpha value is -1.36. The summed E-state index contributed by atoms with van der Waals surface area (Å²) in [5.74, 6) is 1.27. The Morgan fingerprint density at radius 1 is 1.21 bits per heavy atom. The molecule has 0 amide bonds. The topological polar surface area (TPSA) is 61.7 Å². The molecule has 1 heterocycles. The zero-order chi connectivity index (χ0) is 20.6. The minimum atomic E-state index is -0.419. The van der Waals surface area contributed by atoms with Crippen LogP contribution < -0.4 is 10.1 Å². The summed E-state index contributed by atoms with van der Waals surface area (Å²) in [5.41, 5.74) is 2.54. The van der Waals surface area contributed by atoms with Crippen LogP contribution in [0.25, 0.3) is 0 Å². The van der Waals surface area contributed by atoms with E-state index < -0.39 is 12.2 Å². The molecule has 1 aromatic rings. The fourth-order valence-corrected chi connectivity index (χ4v) is 4.86. The highest BCUT2D eigenvalue weighted by Gasteiger charge is 2.48. The van der Waals surface area contributed by atoms with E-state index in [1.807, 2.05) is 12.2 Å². The molecule has 2 aliphatic rings. The number of fused-ring (bicyclic) bond motifs is 3. The first-order valence-electron chi connectivity index (χ1n) is 11.7. The van der Waals surface area contributed by atoms with Crippen molar-refractivity contribution in [2.75, 3.05) is 13.1 Å². The van der Waals surface area contributed by atoms with E-state index in [0.29, 0.717) is 6.42 Å². The van der Waals surface area contributed by atoms with Crippen molar-refractivity contribution in [1.82, 2.24) is 5.32 Å². The quantitative estimate of drug-likeness (QED) is 0.360. The summed E-state index contributed by atoms with van der Waals surface area (Å²) in [4.78, 5) is 0. The van der Waals surface area contributed by atoms with Gasteiger partial charge in [-0.2, -0.15) is 0 Å². The number of nitrogens with one attached hydrogen (secondary N) is 1. The van der Waals surface area contributed by atoms with Crippen LogP contribution >= 0.6 is 0 Å². The minimum Gasteiger partial charge on any atom is -0.489 e. The number of aliphatic hydroxyl groups is 2. The van der Waals surface area contributed by atoms with Gasteiger partial charge in [0.15, 0.2) is 0 Å². The van der Waals surface area contributed by atoms with Crippen LogP contribution in [0.1, 0.15) is 75.8 Å². The maximum Gasteiger partial charge on any atom is 0.126 e. The minimum absolute atomic E-state index is 0.0195. The van der Waals surface area contributed by atoms with Crippen LogP contribution in [0, 0.1) is 5.92 Å². The largest absolute Gasteiger partial charge is 0.489 e. The third-order valence-corrected chi connectivity index (χ3v) is 6.45. The van der Waals surface area contributed by atoms with Gasteiger partial charge in [-0.05, 0) is 44.3 Å². The number of aryl methyl sites for hydroxylation is 1. The highest BCUT2D eigenvalue weighted by atomic mass is 16.5. The lowest BCUT2D eigenvalue weighted by Gasteiger charge is -2.18. The molecule has 0 radical (unpaired) electrons. The Morgan fingerprint density at radius 3 is 2.86 bits per heavy atom. The smallest absolute Gasteiger partial charge is 0.126 e. The van der Waals surface area contributed by atoms with Gasteiger partial charge in [0.1, 0.15) is 11.9 Å². The SMILES string of the molecule is CCCCC[C@H](O)C=C[C@@H]1[C@H]2c3cccc(CCCCNCC)c3O[C@H]2C[C@H]1O. The Labute approximate surface area is 176 Å². The molecule has 0 aromatic heterocycles. The molecule has 0 bridgehead atoms. The van der Waals surface area contributed by atoms with Crippen LogP contribution in [0.3, 0.4) is 0 Å². The van der Waals surface area contributed by atoms with E-state index in [1.165, 1.54) is 17.5 Å². The molecule has 1 saturated carbocycles. The predicted molar refractivity (Wildman–Crippen MR) is 118 cm³/mol. The fraction of sp³-hybridized carbons (Fsp3) is 0.680. The number of ether oxygens (including phenoxy) is 1. The first kappa shape index (κ1) is 22.3. The molecular formula is C25H39NO3. The number of para-hydroxylation sites is 1. The maximum absolute atomic E-state index is 10.6. The van der Waals surface area contributed by atoms with Crippen molar-refractivity contribution >= 4 is 0 Å². The van der Waals surface area contributed by atoms with E-state index >= 15 is 0 Å².